The van der Waals surface area contributed by atoms with Crippen LogP contribution in [0.2, 0.25) is 0 Å². The maximum Gasteiger partial charge on any atom is 0.316 e. The molecule has 0 radical (unpaired) electrons. The molecule has 5 N–H and O–H groups in total. The number of carbonyl (C=O) groups is 2. The smallest absolute Gasteiger partial charge is 0.316 e. The summed E-state index contributed by atoms with van der Waals surface area (Å²) in [7, 11) is 4.76. The minimum Gasteiger partial charge on any atom is -0.508 e. The van der Waals surface area contributed by atoms with Crippen molar-refractivity contribution in [2.24, 2.45) is 35.0 Å². The van der Waals surface area contributed by atoms with E-state index in [0.717, 1.165) is 67.3 Å². The molecule has 0 amide bonds. The van der Waals surface area contributed by atoms with Crippen molar-refractivity contribution in [3.05, 3.63) is 154 Å². The largest absolute Gasteiger partial charge is 0.508 e. The van der Waals surface area contributed by atoms with Gasteiger partial charge in [-0.25, -0.2) is 0 Å². The monoisotopic (exact) mass is 1080 g/mol. The fraction of sp³-hybridized carbons (Fsp3) is 0.412. The van der Waals surface area contributed by atoms with E-state index in [4.69, 9.17) is 23.7 Å². The van der Waals surface area contributed by atoms with E-state index in [1.54, 1.807) is 38.5 Å². The Hall–Kier alpha value is -7.30. The molecule has 12 atom stereocenters. The van der Waals surface area contributed by atoms with E-state index in [0.29, 0.717) is 76.1 Å². The predicted octanol–water partition coefficient (Wildman–Crippen LogP) is 11.1. The Labute approximate surface area is 468 Å². The number of benzene rings is 6. The van der Waals surface area contributed by atoms with Crippen molar-refractivity contribution in [1.29, 1.82) is 0 Å². The second-order valence-electron chi connectivity index (χ2n) is 23.6. The van der Waals surface area contributed by atoms with Gasteiger partial charge in [-0.15, -0.1) is 0 Å². The summed E-state index contributed by atoms with van der Waals surface area (Å²) >= 11 is 0. The second kappa shape index (κ2) is 21.6. The number of aliphatic hydroxyl groups is 1. The van der Waals surface area contributed by atoms with Crippen LogP contribution in [-0.4, -0.2) is 85.2 Å². The van der Waals surface area contributed by atoms with E-state index >= 15 is 4.79 Å². The Morgan fingerprint density at radius 2 is 1.60 bits per heavy atom. The van der Waals surface area contributed by atoms with Gasteiger partial charge in [-0.2, -0.15) is 0 Å². The first-order valence-electron chi connectivity index (χ1n) is 28.5. The first-order valence-corrected chi connectivity index (χ1v) is 28.5. The summed E-state index contributed by atoms with van der Waals surface area (Å²) in [5, 5.41) is 52.3. The molecule has 0 saturated heterocycles. The van der Waals surface area contributed by atoms with Gasteiger partial charge in [0.15, 0.2) is 23.0 Å². The maximum atomic E-state index is 16.4. The lowest BCUT2D eigenvalue weighted by molar-refractivity contribution is -0.179. The number of phenolic OH excluding ortho intramolecular Hbond substituents is 3. The average molecular weight is 1080 g/mol. The van der Waals surface area contributed by atoms with Gasteiger partial charge in [0.2, 0.25) is 0 Å². The molecule has 0 spiro atoms. The molecule has 80 heavy (non-hydrogen) atoms. The third-order valence-corrected chi connectivity index (χ3v) is 19.1. The number of carbonyl (C=O) groups excluding carboxylic acids is 2. The van der Waals surface area contributed by atoms with Crippen LogP contribution in [0.5, 0.6) is 28.7 Å². The minimum atomic E-state index is -1.16. The number of fused-ring (bicyclic) bond motifs is 11. The predicted molar refractivity (Wildman–Crippen MR) is 305 cm³/mol. The lowest BCUT2D eigenvalue weighted by Gasteiger charge is -2.64. The van der Waals surface area contributed by atoms with E-state index in [1.807, 2.05) is 48.5 Å². The highest BCUT2D eigenvalue weighted by atomic mass is 16.6. The van der Waals surface area contributed by atoms with Gasteiger partial charge in [0.25, 0.3) is 0 Å². The highest BCUT2D eigenvalue weighted by Crippen LogP contribution is 2.70. The number of nitrogens with one attached hydrogen (secondary N) is 1. The zero-order valence-electron chi connectivity index (χ0n) is 46.0. The molecule has 5 aliphatic carbocycles. The molecule has 414 valence electrons. The van der Waals surface area contributed by atoms with Gasteiger partial charge >= 0.3 is 11.9 Å². The van der Waals surface area contributed by atoms with E-state index in [-0.39, 0.29) is 65.1 Å². The molecule has 1 heterocycles. The van der Waals surface area contributed by atoms with E-state index < -0.39 is 41.0 Å². The van der Waals surface area contributed by atoms with Gasteiger partial charge in [0, 0.05) is 50.8 Å². The number of allylic oxidation sites excluding steroid dienone is 1. The first-order chi connectivity index (χ1) is 38.8. The van der Waals surface area contributed by atoms with Gasteiger partial charge in [-0.3, -0.25) is 9.59 Å². The molecule has 3 saturated carbocycles. The van der Waals surface area contributed by atoms with Crippen LogP contribution < -0.4 is 14.8 Å². The highest BCUT2D eigenvalue weighted by molar-refractivity contribution is 5.99. The molecular weight excluding hydrogens is 1010 g/mol. The molecule has 6 aromatic carbocycles. The molecular formula is C68H71NO11. The molecule has 12 nitrogen and oxygen atoms in total. The lowest BCUT2D eigenvalue weighted by Crippen LogP contribution is -2.62. The van der Waals surface area contributed by atoms with E-state index in [9.17, 15) is 25.2 Å². The first kappa shape index (κ1) is 53.3. The summed E-state index contributed by atoms with van der Waals surface area (Å²) in [6, 6.07) is 35.5. The van der Waals surface area contributed by atoms with Crippen molar-refractivity contribution in [2.45, 2.75) is 107 Å². The molecule has 1 aliphatic heterocycles. The van der Waals surface area contributed by atoms with Crippen LogP contribution in [0.3, 0.4) is 0 Å². The number of aromatic hydroxyl groups is 3. The van der Waals surface area contributed by atoms with Crippen LogP contribution in [0.15, 0.2) is 115 Å². The van der Waals surface area contributed by atoms with Crippen molar-refractivity contribution >= 4 is 28.8 Å². The molecule has 12 heteroatoms. The Bertz CT molecular complexity index is 3450. The number of methoxy groups -OCH3 is 3. The Morgan fingerprint density at radius 3 is 2.40 bits per heavy atom. The summed E-state index contributed by atoms with van der Waals surface area (Å²) in [5.41, 5.74) is 6.36. The zero-order chi connectivity index (χ0) is 55.5. The maximum absolute atomic E-state index is 16.4. The SMILES string of the molecule is COC[C@@H]1C#C[C@H]2CCC[C@@](C(=O)O[C@H]3C[C@@H]4c5cc(OC)c(O)cc5C[C@H]5[C@H]4[C@@]4(/C=C/c6ccccc6)[C@H](Cc6cc(OC)c(O)cc6[C@@H]4C[C@@H]5O)[C@H](OC(C)=O)C3)(C2)c2ccc3cc(O)cc(c3c2)-c2cccc(c2)CNC1. The van der Waals surface area contributed by atoms with Crippen molar-refractivity contribution in [1.82, 2.24) is 5.32 Å². The molecule has 6 bridgehead atoms. The fourth-order valence-corrected chi connectivity index (χ4v) is 15.8. The van der Waals surface area contributed by atoms with Gasteiger partial charge in [-0.1, -0.05) is 91.1 Å². The normalized spacial score (nSPS) is 29.4. The second-order valence-corrected chi connectivity index (χ2v) is 23.6. The van der Waals surface area contributed by atoms with Crippen LogP contribution in [0, 0.1) is 46.8 Å². The number of phenols is 3. The minimum absolute atomic E-state index is 0.00410. The number of hydrogen-bond donors (Lipinski definition) is 5. The zero-order valence-corrected chi connectivity index (χ0v) is 46.0. The van der Waals surface area contributed by atoms with Crippen LogP contribution in [0.4, 0.5) is 0 Å². The van der Waals surface area contributed by atoms with E-state index in [2.05, 4.69) is 65.7 Å². The molecule has 0 unspecified atom stereocenters. The van der Waals surface area contributed by atoms with Crippen LogP contribution in [0.1, 0.15) is 103 Å². The summed E-state index contributed by atoms with van der Waals surface area (Å²) in [6.45, 7) is 3.10. The highest BCUT2D eigenvalue weighted by Gasteiger charge is 2.65. The lowest BCUT2D eigenvalue weighted by atomic mass is 9.40. The quantitative estimate of drug-likeness (QED) is 0.0686. The van der Waals surface area contributed by atoms with Gasteiger partial charge in [-0.05, 0) is 178 Å². The fourth-order valence-electron chi connectivity index (χ4n) is 15.8. The Balaban J connectivity index is 1.05. The van der Waals surface area contributed by atoms with Crippen molar-refractivity contribution in [3.8, 4) is 51.7 Å². The molecule has 3 fully saturated rings. The topological polar surface area (TPSA) is 173 Å². The van der Waals surface area contributed by atoms with Crippen LogP contribution in [-0.2, 0) is 48.6 Å². The third kappa shape index (κ3) is 9.54. The van der Waals surface area contributed by atoms with Crippen molar-refractivity contribution in [2.75, 3.05) is 34.5 Å². The number of rotatable bonds is 9. The Kier molecular flexibility index (Phi) is 14.4. The summed E-state index contributed by atoms with van der Waals surface area (Å²) in [5.74, 6) is 5.09. The summed E-state index contributed by atoms with van der Waals surface area (Å²) < 4.78 is 31.3. The van der Waals surface area contributed by atoms with Crippen LogP contribution in [0.25, 0.3) is 28.0 Å². The molecule has 6 aromatic rings. The number of aliphatic hydroxyl groups excluding tert-OH is 1. The van der Waals surface area contributed by atoms with E-state index in [1.165, 1.54) is 14.0 Å². The molecule has 12 rings (SSSR count). The summed E-state index contributed by atoms with van der Waals surface area (Å²) in [6.07, 6.45) is 6.25. The van der Waals surface area contributed by atoms with Crippen LogP contribution >= 0.6 is 0 Å². The van der Waals surface area contributed by atoms with Gasteiger partial charge < -0.3 is 49.4 Å². The van der Waals surface area contributed by atoms with Gasteiger partial charge in [0.05, 0.1) is 38.3 Å². The van der Waals surface area contributed by atoms with Gasteiger partial charge in [0.1, 0.15) is 18.0 Å². The summed E-state index contributed by atoms with van der Waals surface area (Å²) in [4.78, 5) is 30.2. The number of esters is 2. The number of hydrogen-bond acceptors (Lipinski definition) is 12. The molecule has 6 aliphatic rings. The third-order valence-electron chi connectivity index (χ3n) is 19.1. The Morgan fingerprint density at radius 1 is 0.800 bits per heavy atom. The van der Waals surface area contributed by atoms with Crippen molar-refractivity contribution in [3.63, 3.8) is 0 Å². The number of ether oxygens (including phenoxy) is 5. The standard InChI is InChI=1S/C68H71NO11/c1-39(70)79-62-31-50(80-66(75)67-20-9-13-41(35-67)15-16-43(38-76-2)37-69-36-42-12-8-14-44(22-42)52-29-49(71)23-45-17-18-48(67)28-51(45)52)30-55-53-33-64(78-4)60(73)26-46(53)24-56-59(72)34-57-54-32-61(74)63(77-3)27-47(54)25-58(62)68(57,65(55)56)21-19-40-10-6-5-7-11-40/h5-8,10-12,14,17-19,21-23,26-29,32-33,41,43,50,55-59,62,65,69,71-74H,9,13,20,24-25,30-31,34-38H2,1-4H3/b21-19+/t41-,43-,50+,55-,56-,57+,58-,59+,62-,65+,67-,68-/m1/s1. The van der Waals surface area contributed by atoms with Crippen molar-refractivity contribution < 1.29 is 53.7 Å². The molecule has 0 aromatic heterocycles. The average Bonchev–Trinajstić information content (AvgIpc) is 3.62.